The molecule has 98 valence electrons. The maximum atomic E-state index is 9.22. The summed E-state index contributed by atoms with van der Waals surface area (Å²) in [4.78, 5) is 0. The highest BCUT2D eigenvalue weighted by Crippen LogP contribution is 2.40. The van der Waals surface area contributed by atoms with Gasteiger partial charge < -0.3 is 19.9 Å². The highest BCUT2D eigenvalue weighted by atomic mass is 79.9. The summed E-state index contributed by atoms with van der Waals surface area (Å²) in [5.74, 6) is 1.78. The van der Waals surface area contributed by atoms with Crippen LogP contribution in [0.5, 0.6) is 17.2 Å². The molecule has 0 amide bonds. The molecule has 0 radical (unpaired) electrons. The fraction of sp³-hybridized carbons (Fsp3) is 0.143. The number of rotatable bonds is 3. The van der Waals surface area contributed by atoms with Gasteiger partial charge in [-0.15, -0.1) is 0 Å². The number of phenolic OH excluding ortho intramolecular Hbond substituents is 1. The van der Waals surface area contributed by atoms with E-state index < -0.39 is 0 Å². The summed E-state index contributed by atoms with van der Waals surface area (Å²) in [6, 6.07) is 10.9. The van der Waals surface area contributed by atoms with E-state index in [2.05, 4.69) is 21.2 Å². The highest BCUT2D eigenvalue weighted by Gasteiger charge is 2.17. The average molecular weight is 322 g/mol. The standard InChI is InChI=1S/C14H12BrNO3/c15-12-5-9(6-13-14(12)19-8-18-13)7-16-10-1-3-11(17)4-2-10/h1-6,16-17H,7-8H2. The zero-order valence-electron chi connectivity index (χ0n) is 10.0. The van der Waals surface area contributed by atoms with Gasteiger partial charge >= 0.3 is 0 Å². The summed E-state index contributed by atoms with van der Waals surface area (Å²) in [5.41, 5.74) is 2.04. The van der Waals surface area contributed by atoms with E-state index >= 15 is 0 Å². The van der Waals surface area contributed by atoms with Crippen molar-refractivity contribution in [3.63, 3.8) is 0 Å². The van der Waals surface area contributed by atoms with Crippen LogP contribution >= 0.6 is 15.9 Å². The van der Waals surface area contributed by atoms with Gasteiger partial charge in [0.05, 0.1) is 4.47 Å². The zero-order valence-corrected chi connectivity index (χ0v) is 11.6. The van der Waals surface area contributed by atoms with E-state index in [0.29, 0.717) is 6.54 Å². The van der Waals surface area contributed by atoms with Crippen molar-refractivity contribution >= 4 is 21.6 Å². The summed E-state index contributed by atoms with van der Waals surface area (Å²) < 4.78 is 11.6. The van der Waals surface area contributed by atoms with Crippen LogP contribution in [0, 0.1) is 0 Å². The normalized spacial score (nSPS) is 12.5. The molecule has 2 aromatic rings. The largest absolute Gasteiger partial charge is 0.508 e. The third kappa shape index (κ3) is 2.61. The summed E-state index contributed by atoms with van der Waals surface area (Å²) in [7, 11) is 0. The molecule has 2 aromatic carbocycles. The summed E-state index contributed by atoms with van der Waals surface area (Å²) >= 11 is 3.47. The number of anilines is 1. The van der Waals surface area contributed by atoms with Crippen LogP contribution in [0.3, 0.4) is 0 Å². The molecule has 19 heavy (non-hydrogen) atoms. The first-order chi connectivity index (χ1) is 9.22. The molecule has 3 rings (SSSR count). The lowest BCUT2D eigenvalue weighted by Gasteiger charge is -2.08. The van der Waals surface area contributed by atoms with Crippen LogP contribution in [0.4, 0.5) is 5.69 Å². The summed E-state index contributed by atoms with van der Waals surface area (Å²) in [5, 5.41) is 12.5. The number of nitrogens with one attached hydrogen (secondary N) is 1. The van der Waals surface area contributed by atoms with Gasteiger partial charge in [0.1, 0.15) is 5.75 Å². The Kier molecular flexibility index (Phi) is 3.21. The molecule has 0 saturated heterocycles. The van der Waals surface area contributed by atoms with Gasteiger partial charge in [-0.25, -0.2) is 0 Å². The molecule has 1 heterocycles. The molecule has 0 aliphatic carbocycles. The van der Waals surface area contributed by atoms with Gasteiger partial charge in [0.15, 0.2) is 11.5 Å². The van der Waals surface area contributed by atoms with Crippen molar-refractivity contribution in [1.29, 1.82) is 0 Å². The molecular formula is C14H12BrNO3. The maximum absolute atomic E-state index is 9.22. The van der Waals surface area contributed by atoms with Crippen LogP contribution in [-0.4, -0.2) is 11.9 Å². The van der Waals surface area contributed by atoms with E-state index in [0.717, 1.165) is 27.2 Å². The highest BCUT2D eigenvalue weighted by molar-refractivity contribution is 9.10. The number of halogens is 1. The topological polar surface area (TPSA) is 50.7 Å². The Hall–Kier alpha value is -1.88. The van der Waals surface area contributed by atoms with Crippen molar-refractivity contribution in [1.82, 2.24) is 0 Å². The second-order valence-electron chi connectivity index (χ2n) is 4.21. The van der Waals surface area contributed by atoms with E-state index in [-0.39, 0.29) is 12.5 Å². The first-order valence-corrected chi connectivity index (χ1v) is 6.62. The van der Waals surface area contributed by atoms with Crippen LogP contribution in [0.2, 0.25) is 0 Å². The lowest BCUT2D eigenvalue weighted by molar-refractivity contribution is 0.173. The second kappa shape index (κ2) is 5.01. The molecule has 0 atom stereocenters. The SMILES string of the molecule is Oc1ccc(NCc2cc(Br)c3c(c2)OCO3)cc1. The van der Waals surface area contributed by atoms with Crippen molar-refractivity contribution in [2.45, 2.75) is 6.54 Å². The monoisotopic (exact) mass is 321 g/mol. The van der Waals surface area contributed by atoms with Crippen LogP contribution < -0.4 is 14.8 Å². The lowest BCUT2D eigenvalue weighted by Crippen LogP contribution is -1.99. The minimum Gasteiger partial charge on any atom is -0.508 e. The second-order valence-corrected chi connectivity index (χ2v) is 5.07. The van der Waals surface area contributed by atoms with Crippen molar-refractivity contribution in [2.75, 3.05) is 12.1 Å². The quantitative estimate of drug-likeness (QED) is 0.849. The van der Waals surface area contributed by atoms with Gasteiger partial charge in [-0.2, -0.15) is 0 Å². The first-order valence-electron chi connectivity index (χ1n) is 5.83. The Morgan fingerprint density at radius 2 is 1.95 bits per heavy atom. The van der Waals surface area contributed by atoms with Crippen molar-refractivity contribution in [3.8, 4) is 17.2 Å². The van der Waals surface area contributed by atoms with Crippen molar-refractivity contribution < 1.29 is 14.6 Å². The van der Waals surface area contributed by atoms with Crippen molar-refractivity contribution in [3.05, 3.63) is 46.4 Å². The summed E-state index contributed by atoms with van der Waals surface area (Å²) in [6.07, 6.45) is 0. The average Bonchev–Trinajstić information content (AvgIpc) is 2.87. The molecule has 1 aliphatic heterocycles. The number of ether oxygens (including phenoxy) is 2. The summed E-state index contributed by atoms with van der Waals surface area (Å²) in [6.45, 7) is 0.933. The predicted octanol–water partition coefficient (Wildman–Crippen LogP) is 3.50. The molecule has 2 N–H and O–H groups in total. The number of fused-ring (bicyclic) bond motifs is 1. The zero-order chi connectivity index (χ0) is 13.2. The number of hydrogen-bond donors (Lipinski definition) is 2. The van der Waals surface area contributed by atoms with E-state index in [9.17, 15) is 5.11 Å². The van der Waals surface area contributed by atoms with E-state index in [4.69, 9.17) is 9.47 Å². The third-order valence-electron chi connectivity index (χ3n) is 2.85. The van der Waals surface area contributed by atoms with Gasteiger partial charge in [0.2, 0.25) is 6.79 Å². The molecule has 0 fully saturated rings. The van der Waals surface area contributed by atoms with Gasteiger partial charge in [0, 0.05) is 12.2 Å². The van der Waals surface area contributed by atoms with Gasteiger partial charge in [0.25, 0.3) is 0 Å². The smallest absolute Gasteiger partial charge is 0.231 e. The van der Waals surface area contributed by atoms with Gasteiger partial charge in [-0.3, -0.25) is 0 Å². The third-order valence-corrected chi connectivity index (χ3v) is 3.44. The maximum Gasteiger partial charge on any atom is 0.231 e. The van der Waals surface area contributed by atoms with Crippen LogP contribution in [0.1, 0.15) is 5.56 Å². The Morgan fingerprint density at radius 1 is 1.16 bits per heavy atom. The molecule has 1 aliphatic rings. The molecule has 4 nitrogen and oxygen atoms in total. The van der Waals surface area contributed by atoms with Gasteiger partial charge in [-0.05, 0) is 57.9 Å². The molecular weight excluding hydrogens is 310 g/mol. The molecule has 5 heteroatoms. The number of benzene rings is 2. The molecule has 0 bridgehead atoms. The van der Waals surface area contributed by atoms with E-state index in [1.807, 2.05) is 24.3 Å². The molecule has 0 spiro atoms. The number of hydrogen-bond acceptors (Lipinski definition) is 4. The van der Waals surface area contributed by atoms with Crippen LogP contribution in [0.15, 0.2) is 40.9 Å². The Morgan fingerprint density at radius 3 is 2.74 bits per heavy atom. The number of aromatic hydroxyl groups is 1. The van der Waals surface area contributed by atoms with E-state index in [1.165, 1.54) is 0 Å². The Balaban J connectivity index is 1.73. The van der Waals surface area contributed by atoms with Crippen LogP contribution in [-0.2, 0) is 6.54 Å². The molecule has 0 saturated carbocycles. The molecule has 0 unspecified atom stereocenters. The first kappa shape index (κ1) is 12.2. The van der Waals surface area contributed by atoms with E-state index in [1.54, 1.807) is 12.1 Å². The van der Waals surface area contributed by atoms with Crippen molar-refractivity contribution in [2.24, 2.45) is 0 Å². The lowest BCUT2D eigenvalue weighted by atomic mass is 10.2. The van der Waals surface area contributed by atoms with Gasteiger partial charge in [-0.1, -0.05) is 0 Å². The fourth-order valence-corrected chi connectivity index (χ4v) is 2.51. The number of phenols is 1. The molecule has 0 aromatic heterocycles. The fourth-order valence-electron chi connectivity index (χ4n) is 1.91. The minimum atomic E-state index is 0.261. The Labute approximate surface area is 119 Å². The van der Waals surface area contributed by atoms with Crippen LogP contribution in [0.25, 0.3) is 0 Å². The predicted molar refractivity (Wildman–Crippen MR) is 75.7 cm³/mol. The Bertz CT molecular complexity index is 598. The minimum absolute atomic E-state index is 0.261.